The zero-order valence-electron chi connectivity index (χ0n) is 11.1. The third kappa shape index (κ3) is 5.52. The first kappa shape index (κ1) is 15.2. The van der Waals surface area contributed by atoms with E-state index in [0.717, 1.165) is 5.56 Å². The number of carbonyl (C=O) groups is 2. The van der Waals surface area contributed by atoms with E-state index < -0.39 is 6.04 Å². The molecule has 5 heteroatoms. The van der Waals surface area contributed by atoms with Crippen LogP contribution < -0.4 is 11.1 Å². The Kier molecular flexibility index (Phi) is 6.60. The molecule has 0 heterocycles. The average molecular weight is 264 g/mol. The van der Waals surface area contributed by atoms with Crippen molar-refractivity contribution in [3.63, 3.8) is 0 Å². The summed E-state index contributed by atoms with van der Waals surface area (Å²) in [6, 6.07) is 8.85. The molecule has 0 aromatic heterocycles. The highest BCUT2D eigenvalue weighted by Gasteiger charge is 2.20. The van der Waals surface area contributed by atoms with Gasteiger partial charge in [-0.1, -0.05) is 30.3 Å². The van der Waals surface area contributed by atoms with E-state index in [1.807, 2.05) is 30.3 Å². The van der Waals surface area contributed by atoms with Crippen molar-refractivity contribution in [2.75, 3.05) is 13.2 Å². The van der Waals surface area contributed by atoms with Gasteiger partial charge in [-0.3, -0.25) is 4.79 Å². The number of hydrogen-bond donors (Lipinski definition) is 2. The maximum Gasteiger partial charge on any atom is 0.327 e. The fourth-order valence-electron chi connectivity index (χ4n) is 1.72. The highest BCUT2D eigenvalue weighted by Crippen LogP contribution is 2.14. The van der Waals surface area contributed by atoms with Crippen molar-refractivity contribution in [1.82, 2.24) is 5.32 Å². The van der Waals surface area contributed by atoms with Crippen LogP contribution in [-0.4, -0.2) is 25.0 Å². The van der Waals surface area contributed by atoms with Crippen LogP contribution in [0.4, 0.5) is 0 Å². The highest BCUT2D eigenvalue weighted by atomic mass is 16.5. The number of benzene rings is 1. The van der Waals surface area contributed by atoms with Gasteiger partial charge in [0.15, 0.2) is 0 Å². The molecule has 5 nitrogen and oxygen atoms in total. The van der Waals surface area contributed by atoms with Gasteiger partial charge in [0.05, 0.1) is 6.61 Å². The van der Waals surface area contributed by atoms with E-state index in [9.17, 15) is 9.59 Å². The first-order chi connectivity index (χ1) is 9.15. The lowest BCUT2D eigenvalue weighted by Gasteiger charge is -2.17. The summed E-state index contributed by atoms with van der Waals surface area (Å²) in [6.45, 7) is 2.64. The molecule has 1 rings (SSSR count). The maximum atomic E-state index is 11.9. The van der Waals surface area contributed by atoms with Gasteiger partial charge in [0.1, 0.15) is 6.04 Å². The molecule has 0 spiro atoms. The van der Waals surface area contributed by atoms with E-state index in [4.69, 9.17) is 10.5 Å². The van der Waals surface area contributed by atoms with Gasteiger partial charge in [-0.25, -0.2) is 4.79 Å². The molecule has 1 atom stereocenters. The topological polar surface area (TPSA) is 81.4 Å². The Bertz CT molecular complexity index is 406. The largest absolute Gasteiger partial charge is 0.465 e. The first-order valence-electron chi connectivity index (χ1n) is 6.38. The Morgan fingerprint density at radius 2 is 2.00 bits per heavy atom. The molecule has 0 aliphatic rings. The summed E-state index contributed by atoms with van der Waals surface area (Å²) < 4.78 is 5.04. The van der Waals surface area contributed by atoms with E-state index in [1.165, 1.54) is 0 Å². The standard InChI is InChI=1S/C14H20N2O3/c1-2-19-14(18)13(11-7-4-3-5-8-11)16-10-6-9-12(15)17/h3-5,7-8,13,16H,2,6,9-10H2,1H3,(H2,15,17). The van der Waals surface area contributed by atoms with Crippen LogP contribution in [0.5, 0.6) is 0 Å². The molecule has 0 saturated heterocycles. The lowest BCUT2D eigenvalue weighted by atomic mass is 10.1. The first-order valence-corrected chi connectivity index (χ1v) is 6.38. The average Bonchev–Trinajstić information content (AvgIpc) is 2.39. The van der Waals surface area contributed by atoms with Crippen LogP contribution in [0.1, 0.15) is 31.4 Å². The zero-order chi connectivity index (χ0) is 14.1. The van der Waals surface area contributed by atoms with Crippen LogP contribution in [0.25, 0.3) is 0 Å². The Morgan fingerprint density at radius 3 is 2.58 bits per heavy atom. The molecule has 0 aliphatic heterocycles. The second-order valence-electron chi connectivity index (χ2n) is 4.12. The summed E-state index contributed by atoms with van der Waals surface area (Å²) in [7, 11) is 0. The van der Waals surface area contributed by atoms with Crippen LogP contribution >= 0.6 is 0 Å². The van der Waals surface area contributed by atoms with Crippen LogP contribution in [0.2, 0.25) is 0 Å². The van der Waals surface area contributed by atoms with E-state index in [2.05, 4.69) is 5.32 Å². The van der Waals surface area contributed by atoms with Crippen molar-refractivity contribution < 1.29 is 14.3 Å². The Morgan fingerprint density at radius 1 is 1.32 bits per heavy atom. The molecule has 0 fully saturated rings. The third-order valence-electron chi connectivity index (χ3n) is 2.60. The van der Waals surface area contributed by atoms with E-state index in [0.29, 0.717) is 26.0 Å². The maximum absolute atomic E-state index is 11.9. The quantitative estimate of drug-likeness (QED) is 0.545. The van der Waals surface area contributed by atoms with Crippen LogP contribution in [-0.2, 0) is 14.3 Å². The fourth-order valence-corrected chi connectivity index (χ4v) is 1.72. The number of primary amides is 1. The molecular formula is C14H20N2O3. The predicted molar refractivity (Wildman–Crippen MR) is 72.2 cm³/mol. The van der Waals surface area contributed by atoms with Gasteiger partial charge in [-0.05, 0) is 25.5 Å². The predicted octanol–water partition coefficient (Wildman–Crippen LogP) is 1.15. The molecule has 0 bridgehead atoms. The Labute approximate surface area is 113 Å². The second kappa shape index (κ2) is 8.26. The van der Waals surface area contributed by atoms with Gasteiger partial charge in [0.2, 0.25) is 5.91 Å². The zero-order valence-corrected chi connectivity index (χ0v) is 11.1. The number of carbonyl (C=O) groups excluding carboxylic acids is 2. The molecule has 0 aliphatic carbocycles. The van der Waals surface area contributed by atoms with Crippen molar-refractivity contribution in [2.45, 2.75) is 25.8 Å². The molecule has 1 unspecified atom stereocenters. The minimum atomic E-state index is -0.506. The van der Waals surface area contributed by atoms with Gasteiger partial charge >= 0.3 is 5.97 Å². The summed E-state index contributed by atoms with van der Waals surface area (Å²) >= 11 is 0. The highest BCUT2D eigenvalue weighted by molar-refractivity contribution is 5.77. The van der Waals surface area contributed by atoms with E-state index in [1.54, 1.807) is 6.92 Å². The van der Waals surface area contributed by atoms with Crippen molar-refractivity contribution >= 4 is 11.9 Å². The molecule has 0 saturated carbocycles. The van der Waals surface area contributed by atoms with Gasteiger partial charge in [-0.15, -0.1) is 0 Å². The lowest BCUT2D eigenvalue weighted by Crippen LogP contribution is -2.31. The number of nitrogens with one attached hydrogen (secondary N) is 1. The van der Waals surface area contributed by atoms with Crippen LogP contribution in [0.3, 0.4) is 0 Å². The summed E-state index contributed by atoms with van der Waals surface area (Å²) in [5.41, 5.74) is 5.92. The number of amides is 1. The molecule has 1 amide bonds. The third-order valence-corrected chi connectivity index (χ3v) is 2.60. The monoisotopic (exact) mass is 264 g/mol. The SMILES string of the molecule is CCOC(=O)C(NCCCC(N)=O)c1ccccc1. The van der Waals surface area contributed by atoms with Gasteiger partial charge in [0.25, 0.3) is 0 Å². The van der Waals surface area contributed by atoms with Crippen molar-refractivity contribution in [2.24, 2.45) is 5.73 Å². The van der Waals surface area contributed by atoms with Crippen molar-refractivity contribution in [3.05, 3.63) is 35.9 Å². The Hall–Kier alpha value is -1.88. The molecule has 0 radical (unpaired) electrons. The minimum Gasteiger partial charge on any atom is -0.465 e. The summed E-state index contributed by atoms with van der Waals surface area (Å²) in [4.78, 5) is 22.5. The van der Waals surface area contributed by atoms with Gasteiger partial charge in [0, 0.05) is 6.42 Å². The Balaban J connectivity index is 2.60. The molecule has 1 aromatic carbocycles. The fraction of sp³-hybridized carbons (Fsp3) is 0.429. The lowest BCUT2D eigenvalue weighted by molar-refractivity contribution is -0.145. The molecular weight excluding hydrogens is 244 g/mol. The molecule has 1 aromatic rings. The molecule has 19 heavy (non-hydrogen) atoms. The van der Waals surface area contributed by atoms with E-state index in [-0.39, 0.29) is 11.9 Å². The normalized spacial score (nSPS) is 11.8. The number of esters is 1. The molecule has 3 N–H and O–H groups in total. The number of nitrogens with two attached hydrogens (primary N) is 1. The number of hydrogen-bond acceptors (Lipinski definition) is 4. The minimum absolute atomic E-state index is 0.303. The van der Waals surface area contributed by atoms with Crippen LogP contribution in [0, 0.1) is 0 Å². The second-order valence-corrected chi connectivity index (χ2v) is 4.12. The summed E-state index contributed by atoms with van der Waals surface area (Å²) in [5, 5.41) is 3.09. The molecule has 104 valence electrons. The van der Waals surface area contributed by atoms with Crippen molar-refractivity contribution in [3.8, 4) is 0 Å². The summed E-state index contributed by atoms with van der Waals surface area (Å²) in [6.07, 6.45) is 0.898. The van der Waals surface area contributed by atoms with Crippen molar-refractivity contribution in [1.29, 1.82) is 0 Å². The van der Waals surface area contributed by atoms with Gasteiger partial charge in [-0.2, -0.15) is 0 Å². The smallest absolute Gasteiger partial charge is 0.327 e. The number of ether oxygens (including phenoxy) is 1. The van der Waals surface area contributed by atoms with Gasteiger partial charge < -0.3 is 15.8 Å². The van der Waals surface area contributed by atoms with Crippen LogP contribution in [0.15, 0.2) is 30.3 Å². The number of rotatable bonds is 8. The van der Waals surface area contributed by atoms with E-state index >= 15 is 0 Å². The summed E-state index contributed by atoms with van der Waals surface area (Å²) in [5.74, 6) is -0.651.